The number of hydrogen-bond acceptors (Lipinski definition) is 5. The smallest absolute Gasteiger partial charge is 0.326 e. The highest BCUT2D eigenvalue weighted by molar-refractivity contribution is 7.89. The molecule has 2 rings (SSSR count). The number of carbonyl (C=O) groups is 2. The Kier molecular flexibility index (Phi) is 4.14. The lowest BCUT2D eigenvalue weighted by Gasteiger charge is -2.32. The molecule has 10 nitrogen and oxygen atoms in total. The molecule has 0 saturated heterocycles. The highest BCUT2D eigenvalue weighted by Gasteiger charge is 2.35. The number of aliphatic carboxylic acids is 1. The highest BCUT2D eigenvalue weighted by Crippen LogP contribution is 2.20. The minimum absolute atomic E-state index is 0.0630. The first-order valence-electron chi connectivity index (χ1n) is 6.07. The first kappa shape index (κ1) is 15.3. The number of primary sulfonamides is 1. The maximum absolute atomic E-state index is 12.0. The molecule has 2 amide bonds. The number of nitrogens with zero attached hydrogens (tertiary/aromatic N) is 2. The third-order valence-corrected chi connectivity index (χ3v) is 3.88. The number of aromatic nitrogens is 2. The van der Waals surface area contributed by atoms with Crippen molar-refractivity contribution < 1.29 is 23.1 Å². The molecule has 0 aromatic carbocycles. The zero-order valence-corrected chi connectivity index (χ0v) is 11.8. The lowest BCUT2D eigenvalue weighted by atomic mass is 10.0. The Morgan fingerprint density at radius 2 is 2.29 bits per heavy atom. The van der Waals surface area contributed by atoms with E-state index in [1.54, 1.807) is 0 Å². The maximum atomic E-state index is 12.0. The molecule has 0 bridgehead atoms. The van der Waals surface area contributed by atoms with Crippen LogP contribution < -0.4 is 10.5 Å². The van der Waals surface area contributed by atoms with E-state index in [0.29, 0.717) is 11.4 Å². The van der Waals surface area contributed by atoms with Crippen LogP contribution in [0.2, 0.25) is 0 Å². The van der Waals surface area contributed by atoms with Gasteiger partial charge in [-0.25, -0.2) is 28.1 Å². The molecule has 116 valence electrons. The number of carbonyl (C=O) groups excluding carboxylic acids is 1. The standard InChI is InChI=1S/C10H15N5O5S/c11-21(19,20)2-1-12-10(18)15-4-7-6(13-5-14-7)3-8(15)9(16)17/h5,8H,1-4H2,(H,12,18)(H,13,14)(H,16,17)(H2,11,19,20). The summed E-state index contributed by atoms with van der Waals surface area (Å²) in [4.78, 5) is 31.2. The SMILES string of the molecule is NS(=O)(=O)CCNC(=O)N1Cc2[nH]cnc2CC1C(=O)O. The minimum atomic E-state index is -3.69. The van der Waals surface area contributed by atoms with Gasteiger partial charge in [-0.15, -0.1) is 0 Å². The van der Waals surface area contributed by atoms with Crippen molar-refractivity contribution in [1.29, 1.82) is 0 Å². The number of carboxylic acids is 1. The van der Waals surface area contributed by atoms with E-state index in [4.69, 9.17) is 5.14 Å². The fraction of sp³-hybridized carbons (Fsp3) is 0.500. The van der Waals surface area contributed by atoms with Crippen molar-refractivity contribution in [3.05, 3.63) is 17.7 Å². The van der Waals surface area contributed by atoms with E-state index in [9.17, 15) is 23.1 Å². The Balaban J connectivity index is 2.06. The van der Waals surface area contributed by atoms with Crippen LogP contribution in [0.25, 0.3) is 0 Å². The molecule has 1 aromatic heterocycles. The number of H-pyrrole nitrogens is 1. The quantitative estimate of drug-likeness (QED) is 0.514. The molecule has 11 heteroatoms. The second kappa shape index (κ2) is 5.69. The van der Waals surface area contributed by atoms with Crippen molar-refractivity contribution in [2.75, 3.05) is 12.3 Å². The van der Waals surface area contributed by atoms with E-state index < -0.39 is 33.8 Å². The number of sulfonamides is 1. The number of fused-ring (bicyclic) bond motifs is 1. The van der Waals surface area contributed by atoms with E-state index in [1.807, 2.05) is 0 Å². The third kappa shape index (κ3) is 3.70. The molecular formula is C10H15N5O5S. The topological polar surface area (TPSA) is 158 Å². The molecule has 0 aliphatic carbocycles. The van der Waals surface area contributed by atoms with Crippen molar-refractivity contribution in [1.82, 2.24) is 20.2 Å². The Labute approximate surface area is 120 Å². The molecule has 2 heterocycles. The largest absolute Gasteiger partial charge is 0.480 e. The second-order valence-electron chi connectivity index (χ2n) is 4.61. The Bertz CT molecular complexity index is 655. The predicted molar refractivity (Wildman–Crippen MR) is 70.6 cm³/mol. The summed E-state index contributed by atoms with van der Waals surface area (Å²) in [5, 5.41) is 16.4. The summed E-state index contributed by atoms with van der Waals surface area (Å²) in [6.07, 6.45) is 1.53. The highest BCUT2D eigenvalue weighted by atomic mass is 32.2. The number of amides is 2. The van der Waals surface area contributed by atoms with E-state index >= 15 is 0 Å². The van der Waals surface area contributed by atoms with Gasteiger partial charge in [0.05, 0.1) is 30.0 Å². The van der Waals surface area contributed by atoms with Crippen LogP contribution in [0.15, 0.2) is 6.33 Å². The molecule has 5 N–H and O–H groups in total. The summed E-state index contributed by atoms with van der Waals surface area (Å²) in [6, 6.07) is -1.71. The molecule has 1 aliphatic heterocycles. The number of nitrogens with two attached hydrogens (primary N) is 1. The van der Waals surface area contributed by atoms with Crippen molar-refractivity contribution in [2.45, 2.75) is 19.0 Å². The van der Waals surface area contributed by atoms with E-state index in [0.717, 1.165) is 4.90 Å². The van der Waals surface area contributed by atoms with Crippen LogP contribution in [0.1, 0.15) is 11.4 Å². The number of imidazole rings is 1. The molecule has 0 fully saturated rings. The Hall–Kier alpha value is -2.14. The van der Waals surface area contributed by atoms with Gasteiger partial charge in [0.15, 0.2) is 0 Å². The summed E-state index contributed by atoms with van der Waals surface area (Å²) in [5.74, 6) is -1.56. The Morgan fingerprint density at radius 3 is 2.90 bits per heavy atom. The lowest BCUT2D eigenvalue weighted by molar-refractivity contribution is -0.142. The average Bonchev–Trinajstić information content (AvgIpc) is 2.82. The fourth-order valence-electron chi connectivity index (χ4n) is 2.07. The number of carboxylic acid groups (broad SMARTS) is 1. The second-order valence-corrected chi connectivity index (χ2v) is 6.35. The summed E-state index contributed by atoms with van der Waals surface area (Å²) >= 11 is 0. The summed E-state index contributed by atoms with van der Waals surface area (Å²) < 4.78 is 21.6. The van der Waals surface area contributed by atoms with Crippen molar-refractivity contribution >= 4 is 22.0 Å². The molecule has 0 radical (unpaired) electrons. The van der Waals surface area contributed by atoms with E-state index in [2.05, 4.69) is 15.3 Å². The van der Waals surface area contributed by atoms with Crippen LogP contribution in [0, 0.1) is 0 Å². The van der Waals surface area contributed by atoms with Gasteiger partial charge < -0.3 is 20.3 Å². The van der Waals surface area contributed by atoms with Crippen LogP contribution >= 0.6 is 0 Å². The van der Waals surface area contributed by atoms with Crippen LogP contribution in [-0.2, 0) is 27.8 Å². The molecule has 1 aliphatic rings. The summed E-state index contributed by atoms with van der Waals surface area (Å²) in [5.41, 5.74) is 1.27. The Morgan fingerprint density at radius 1 is 1.57 bits per heavy atom. The van der Waals surface area contributed by atoms with Crippen LogP contribution in [0.4, 0.5) is 4.79 Å². The lowest BCUT2D eigenvalue weighted by Crippen LogP contribution is -2.53. The van der Waals surface area contributed by atoms with Gasteiger partial charge in [-0.05, 0) is 0 Å². The first-order chi connectivity index (χ1) is 9.78. The zero-order chi connectivity index (χ0) is 15.6. The number of hydrogen-bond donors (Lipinski definition) is 4. The van der Waals surface area contributed by atoms with Crippen LogP contribution in [0.3, 0.4) is 0 Å². The number of rotatable bonds is 4. The van der Waals surface area contributed by atoms with Gasteiger partial charge in [-0.1, -0.05) is 0 Å². The molecule has 1 atom stereocenters. The van der Waals surface area contributed by atoms with Gasteiger partial charge in [-0.3, -0.25) is 0 Å². The van der Waals surface area contributed by atoms with E-state index in [1.165, 1.54) is 6.33 Å². The molecular weight excluding hydrogens is 302 g/mol. The van der Waals surface area contributed by atoms with Crippen LogP contribution in [0.5, 0.6) is 0 Å². The average molecular weight is 317 g/mol. The molecule has 0 saturated carbocycles. The summed E-state index contributed by atoms with van der Waals surface area (Å²) in [7, 11) is -3.69. The van der Waals surface area contributed by atoms with E-state index in [-0.39, 0.29) is 19.5 Å². The van der Waals surface area contributed by atoms with Crippen LogP contribution in [-0.4, -0.2) is 58.7 Å². The minimum Gasteiger partial charge on any atom is -0.480 e. The zero-order valence-electron chi connectivity index (χ0n) is 10.9. The molecule has 1 unspecified atom stereocenters. The van der Waals surface area contributed by atoms with Gasteiger partial charge in [-0.2, -0.15) is 0 Å². The monoisotopic (exact) mass is 317 g/mol. The van der Waals surface area contributed by atoms with Gasteiger partial charge in [0.25, 0.3) is 0 Å². The molecule has 0 spiro atoms. The molecule has 1 aromatic rings. The predicted octanol–water partition coefficient (Wildman–Crippen LogP) is -1.78. The number of aromatic amines is 1. The van der Waals surface area contributed by atoms with Crippen molar-refractivity contribution in [3.63, 3.8) is 0 Å². The summed E-state index contributed by atoms with van der Waals surface area (Å²) in [6.45, 7) is -0.121. The fourth-order valence-corrected chi connectivity index (χ4v) is 2.46. The van der Waals surface area contributed by atoms with Crippen molar-refractivity contribution in [2.24, 2.45) is 5.14 Å². The number of urea groups is 1. The molecule has 21 heavy (non-hydrogen) atoms. The normalized spacial score (nSPS) is 18.1. The van der Waals surface area contributed by atoms with Gasteiger partial charge >= 0.3 is 12.0 Å². The van der Waals surface area contributed by atoms with Gasteiger partial charge in [0, 0.05) is 13.0 Å². The third-order valence-electron chi connectivity index (χ3n) is 3.11. The van der Waals surface area contributed by atoms with Gasteiger partial charge in [0.2, 0.25) is 10.0 Å². The van der Waals surface area contributed by atoms with Gasteiger partial charge in [0.1, 0.15) is 6.04 Å². The maximum Gasteiger partial charge on any atom is 0.326 e. The van der Waals surface area contributed by atoms with Crippen molar-refractivity contribution in [3.8, 4) is 0 Å². The number of nitrogens with one attached hydrogen (secondary N) is 2. The first-order valence-corrected chi connectivity index (χ1v) is 7.78.